The molecule has 0 aliphatic rings. The van der Waals surface area contributed by atoms with E-state index in [0.29, 0.717) is 18.6 Å². The summed E-state index contributed by atoms with van der Waals surface area (Å²) in [6.45, 7) is 0.743. The topological polar surface area (TPSA) is 98.8 Å². The summed E-state index contributed by atoms with van der Waals surface area (Å²) in [6.07, 6.45) is 0.583. The Kier molecular flexibility index (Phi) is 8.98. The van der Waals surface area contributed by atoms with Crippen LogP contribution in [0.5, 0.6) is 0 Å². The van der Waals surface area contributed by atoms with Crippen LogP contribution in [0.2, 0.25) is 0 Å². The van der Waals surface area contributed by atoms with E-state index in [4.69, 9.17) is 9.47 Å². The maximum absolute atomic E-state index is 12.2. The van der Waals surface area contributed by atoms with E-state index in [1.807, 2.05) is 0 Å². The molecular formula is C21H25NO6S. The van der Waals surface area contributed by atoms with Gasteiger partial charge in [-0.3, -0.25) is 9.59 Å². The molecule has 0 aliphatic heterocycles. The van der Waals surface area contributed by atoms with Gasteiger partial charge in [-0.25, -0.2) is 13.1 Å². The van der Waals surface area contributed by atoms with Crippen molar-refractivity contribution < 1.29 is 27.5 Å². The van der Waals surface area contributed by atoms with Crippen LogP contribution in [-0.2, 0) is 30.7 Å². The third-order valence-electron chi connectivity index (χ3n) is 4.14. The second-order valence-corrected chi connectivity index (χ2v) is 8.06. The molecule has 0 unspecified atom stereocenters. The summed E-state index contributed by atoms with van der Waals surface area (Å²) < 4.78 is 36.6. The van der Waals surface area contributed by atoms with Crippen LogP contribution >= 0.6 is 0 Å². The molecule has 1 N–H and O–H groups in total. The smallest absolute Gasteiger partial charge is 0.306 e. The van der Waals surface area contributed by atoms with Gasteiger partial charge in [-0.1, -0.05) is 42.5 Å². The van der Waals surface area contributed by atoms with E-state index >= 15 is 0 Å². The molecule has 0 saturated heterocycles. The zero-order valence-corrected chi connectivity index (χ0v) is 17.1. The minimum atomic E-state index is -3.53. The molecule has 0 aromatic heterocycles. The first-order valence-corrected chi connectivity index (χ1v) is 10.7. The fourth-order valence-electron chi connectivity index (χ4n) is 2.54. The van der Waals surface area contributed by atoms with Gasteiger partial charge in [-0.2, -0.15) is 0 Å². The van der Waals surface area contributed by atoms with Gasteiger partial charge in [-0.15, -0.1) is 0 Å². The van der Waals surface area contributed by atoms with E-state index in [1.54, 1.807) is 42.5 Å². The number of methoxy groups -OCH3 is 1. The second-order valence-electron chi connectivity index (χ2n) is 6.29. The Morgan fingerprint density at radius 1 is 0.931 bits per heavy atom. The van der Waals surface area contributed by atoms with E-state index in [1.165, 1.54) is 19.2 Å². The molecule has 0 amide bonds. The Morgan fingerprint density at radius 3 is 2.28 bits per heavy atom. The number of carbonyl (C=O) groups excluding carboxylic acids is 2. The third-order valence-corrected chi connectivity index (χ3v) is 5.62. The lowest BCUT2D eigenvalue weighted by Crippen LogP contribution is -2.25. The van der Waals surface area contributed by atoms with Crippen LogP contribution in [0.3, 0.4) is 0 Å². The van der Waals surface area contributed by atoms with Crippen LogP contribution < -0.4 is 4.72 Å². The van der Waals surface area contributed by atoms with E-state index < -0.39 is 16.0 Å². The van der Waals surface area contributed by atoms with Crippen molar-refractivity contribution in [3.8, 4) is 0 Å². The van der Waals surface area contributed by atoms with E-state index in [9.17, 15) is 18.0 Å². The van der Waals surface area contributed by atoms with Gasteiger partial charge in [0.2, 0.25) is 10.0 Å². The maximum Gasteiger partial charge on any atom is 0.306 e. The molecule has 0 saturated carbocycles. The standard InChI is InChI=1S/C21H25NO6S/c1-27-15-16-28-21(24)12-11-20(23)18-9-7-17(8-10-18)13-14-22-29(25,26)19-5-3-2-4-6-19/h2-10,22H,11-16H2,1H3. The van der Waals surface area contributed by atoms with Crippen molar-refractivity contribution in [2.24, 2.45) is 0 Å². The Bertz CT molecular complexity index is 895. The average Bonchev–Trinajstić information content (AvgIpc) is 2.73. The summed E-state index contributed by atoms with van der Waals surface area (Å²) in [5, 5.41) is 0. The highest BCUT2D eigenvalue weighted by Crippen LogP contribution is 2.10. The van der Waals surface area contributed by atoms with Crippen molar-refractivity contribution in [3.63, 3.8) is 0 Å². The lowest BCUT2D eigenvalue weighted by molar-refractivity contribution is -0.144. The van der Waals surface area contributed by atoms with Crippen LogP contribution in [0.1, 0.15) is 28.8 Å². The number of ether oxygens (including phenoxy) is 2. The van der Waals surface area contributed by atoms with Gasteiger partial charge in [0.15, 0.2) is 5.78 Å². The predicted molar refractivity (Wildman–Crippen MR) is 108 cm³/mol. The van der Waals surface area contributed by atoms with Gasteiger partial charge in [-0.05, 0) is 24.1 Å². The molecule has 29 heavy (non-hydrogen) atoms. The lowest BCUT2D eigenvalue weighted by Gasteiger charge is -2.07. The third kappa shape index (κ3) is 7.77. The molecule has 0 atom stereocenters. The summed E-state index contributed by atoms with van der Waals surface area (Å²) in [6, 6.07) is 15.1. The molecule has 156 valence electrons. The first kappa shape index (κ1) is 22.7. The van der Waals surface area contributed by atoms with Gasteiger partial charge < -0.3 is 9.47 Å². The molecule has 0 bridgehead atoms. The van der Waals surface area contributed by atoms with Crippen molar-refractivity contribution in [2.45, 2.75) is 24.2 Å². The van der Waals surface area contributed by atoms with E-state index in [0.717, 1.165) is 5.56 Å². The first-order chi connectivity index (χ1) is 13.9. The van der Waals surface area contributed by atoms with Gasteiger partial charge in [0.05, 0.1) is 17.9 Å². The molecule has 2 aromatic carbocycles. The summed E-state index contributed by atoms with van der Waals surface area (Å²) in [4.78, 5) is 23.9. The van der Waals surface area contributed by atoms with Crippen LogP contribution in [0.25, 0.3) is 0 Å². The molecule has 2 aromatic rings. The van der Waals surface area contributed by atoms with Crippen molar-refractivity contribution >= 4 is 21.8 Å². The van der Waals surface area contributed by atoms with Crippen molar-refractivity contribution in [1.82, 2.24) is 4.72 Å². The summed E-state index contributed by atoms with van der Waals surface area (Å²) in [7, 11) is -2.02. The van der Waals surface area contributed by atoms with Crippen LogP contribution in [-0.4, -0.2) is 47.0 Å². The molecule has 0 aliphatic carbocycles. The predicted octanol–water partition coefficient (Wildman–Crippen LogP) is 2.36. The summed E-state index contributed by atoms with van der Waals surface area (Å²) in [5.41, 5.74) is 1.40. The Balaban J connectivity index is 1.78. The zero-order chi connectivity index (χ0) is 21.1. The lowest BCUT2D eigenvalue weighted by atomic mass is 10.0. The molecule has 0 radical (unpaired) electrons. The molecule has 0 fully saturated rings. The van der Waals surface area contributed by atoms with Crippen LogP contribution in [0.4, 0.5) is 0 Å². The van der Waals surface area contributed by atoms with Crippen LogP contribution in [0.15, 0.2) is 59.5 Å². The number of sulfonamides is 1. The molecule has 0 spiro atoms. The Morgan fingerprint density at radius 2 is 1.62 bits per heavy atom. The number of rotatable bonds is 12. The Labute approximate surface area is 171 Å². The SMILES string of the molecule is COCCOC(=O)CCC(=O)c1ccc(CCNS(=O)(=O)c2ccccc2)cc1. The molecule has 0 heterocycles. The molecular weight excluding hydrogens is 394 g/mol. The van der Waals surface area contributed by atoms with Crippen molar-refractivity contribution in [3.05, 3.63) is 65.7 Å². The number of carbonyl (C=O) groups is 2. The second kappa shape index (κ2) is 11.5. The monoisotopic (exact) mass is 419 g/mol. The largest absolute Gasteiger partial charge is 0.463 e. The molecule has 2 rings (SSSR count). The minimum absolute atomic E-state index is 0.0194. The summed E-state index contributed by atoms with van der Waals surface area (Å²) >= 11 is 0. The van der Waals surface area contributed by atoms with Crippen molar-refractivity contribution in [1.29, 1.82) is 0 Å². The number of nitrogens with one attached hydrogen (secondary N) is 1. The summed E-state index contributed by atoms with van der Waals surface area (Å²) in [5.74, 6) is -0.581. The van der Waals surface area contributed by atoms with Gasteiger partial charge >= 0.3 is 5.97 Å². The fraction of sp³-hybridized carbons (Fsp3) is 0.333. The van der Waals surface area contributed by atoms with E-state index in [2.05, 4.69) is 4.72 Å². The molecule has 8 heteroatoms. The van der Waals surface area contributed by atoms with Gasteiger partial charge in [0.25, 0.3) is 0 Å². The minimum Gasteiger partial charge on any atom is -0.463 e. The molecule has 7 nitrogen and oxygen atoms in total. The fourth-order valence-corrected chi connectivity index (χ4v) is 3.59. The number of hydrogen-bond donors (Lipinski definition) is 1. The highest BCUT2D eigenvalue weighted by Gasteiger charge is 2.13. The normalized spacial score (nSPS) is 11.2. The number of benzene rings is 2. The maximum atomic E-state index is 12.2. The highest BCUT2D eigenvalue weighted by atomic mass is 32.2. The van der Waals surface area contributed by atoms with Gasteiger partial charge in [0.1, 0.15) is 6.61 Å². The highest BCUT2D eigenvalue weighted by molar-refractivity contribution is 7.89. The number of Topliss-reactive ketones (excluding diaryl/α,β-unsaturated/α-hetero) is 1. The quantitative estimate of drug-likeness (QED) is 0.322. The number of esters is 1. The zero-order valence-electron chi connectivity index (χ0n) is 16.3. The number of ketones is 1. The Hall–Kier alpha value is -2.55. The van der Waals surface area contributed by atoms with Gasteiger partial charge in [0, 0.05) is 25.6 Å². The number of hydrogen-bond acceptors (Lipinski definition) is 6. The average molecular weight is 419 g/mol. The van der Waals surface area contributed by atoms with Crippen molar-refractivity contribution in [2.75, 3.05) is 26.9 Å². The first-order valence-electron chi connectivity index (χ1n) is 9.24. The van der Waals surface area contributed by atoms with E-state index in [-0.39, 0.29) is 36.7 Å². The van der Waals surface area contributed by atoms with Crippen LogP contribution in [0, 0.1) is 0 Å².